The molecule has 0 saturated carbocycles. The van der Waals surface area contributed by atoms with Crippen molar-refractivity contribution < 1.29 is 12.8 Å². The van der Waals surface area contributed by atoms with E-state index in [1.165, 1.54) is 6.07 Å². The summed E-state index contributed by atoms with van der Waals surface area (Å²) in [7, 11) is -3.81. The summed E-state index contributed by atoms with van der Waals surface area (Å²) >= 11 is 6.11. The molecule has 126 valence electrons. The van der Waals surface area contributed by atoms with Crippen LogP contribution in [0.1, 0.15) is 0 Å². The minimum atomic E-state index is -3.81. The van der Waals surface area contributed by atoms with E-state index < -0.39 is 10.0 Å². The Kier molecular flexibility index (Phi) is 3.80. The van der Waals surface area contributed by atoms with Crippen LogP contribution in [0.15, 0.2) is 57.8 Å². The van der Waals surface area contributed by atoms with Crippen molar-refractivity contribution in [3.63, 3.8) is 0 Å². The lowest BCUT2D eigenvalue weighted by atomic mass is 10.0. The van der Waals surface area contributed by atoms with Crippen molar-refractivity contribution in [2.75, 3.05) is 0 Å². The van der Waals surface area contributed by atoms with Crippen LogP contribution in [0.3, 0.4) is 0 Å². The van der Waals surface area contributed by atoms with Crippen LogP contribution < -0.4 is 5.14 Å². The number of nitrogens with zero attached hydrogens (tertiary/aromatic N) is 1. The van der Waals surface area contributed by atoms with Crippen molar-refractivity contribution in [1.29, 1.82) is 0 Å². The Balaban J connectivity index is 2.10. The van der Waals surface area contributed by atoms with Gasteiger partial charge in [-0.3, -0.25) is 0 Å². The zero-order valence-corrected chi connectivity index (χ0v) is 15.0. The molecular weight excluding hydrogens is 378 g/mol. The summed E-state index contributed by atoms with van der Waals surface area (Å²) in [5, 5.41) is 5.99. The molecule has 0 aliphatic rings. The third kappa shape index (κ3) is 2.91. The number of nitrogens with one attached hydrogen (secondary N) is 1. The number of fused-ring (bicyclic) bond motifs is 1. The third-order valence-electron chi connectivity index (χ3n) is 3.76. The molecule has 0 bridgehead atoms. The fraction of sp³-hybridized carbons (Fsp3) is 0. The largest absolute Gasteiger partial charge is 0.414 e. The topological polar surface area (TPSA) is 102 Å². The van der Waals surface area contributed by atoms with Crippen LogP contribution in [0.5, 0.6) is 0 Å². The average molecular weight is 389 g/mol. The molecule has 4 rings (SSSR count). The lowest BCUT2D eigenvalue weighted by molar-refractivity contribution is 0.562. The van der Waals surface area contributed by atoms with Crippen molar-refractivity contribution in [3.8, 4) is 22.7 Å². The van der Waals surface area contributed by atoms with Gasteiger partial charge in [0.25, 0.3) is 9.91 Å². The Bertz CT molecular complexity index is 1240. The second-order valence-electron chi connectivity index (χ2n) is 5.33. The Morgan fingerprint density at radius 2 is 1.92 bits per heavy atom. The standard InChI is InChI=1S/C16H11N3O3S3/c17-25(20,21)10-6-7-12-11(8-10)13(9-4-2-1-3-5-9)14(18-12)15-19-24-16(23)22-15/h1-8,18H,(H2,17,20,21). The third-order valence-corrected chi connectivity index (χ3v) is 5.47. The highest BCUT2D eigenvalue weighted by molar-refractivity contribution is 7.89. The highest BCUT2D eigenvalue weighted by Gasteiger charge is 2.20. The number of primary sulfonamides is 1. The molecule has 0 atom stereocenters. The number of rotatable bonds is 3. The molecule has 4 aromatic rings. The zero-order chi connectivity index (χ0) is 17.6. The van der Waals surface area contributed by atoms with E-state index in [0.717, 1.165) is 28.2 Å². The quantitative estimate of drug-likeness (QED) is 0.517. The van der Waals surface area contributed by atoms with Crippen LogP contribution in [-0.2, 0) is 10.0 Å². The molecule has 2 aromatic carbocycles. The number of aromatic amines is 1. The summed E-state index contributed by atoms with van der Waals surface area (Å²) in [5.41, 5.74) is 3.06. The van der Waals surface area contributed by atoms with Crippen LogP contribution in [0.4, 0.5) is 0 Å². The van der Waals surface area contributed by atoms with Gasteiger partial charge in [-0.2, -0.15) is 0 Å². The fourth-order valence-corrected chi connectivity index (χ4v) is 3.84. The van der Waals surface area contributed by atoms with Crippen molar-refractivity contribution in [2.24, 2.45) is 5.14 Å². The van der Waals surface area contributed by atoms with Gasteiger partial charge in [-0.15, -0.1) is 4.37 Å². The SMILES string of the molecule is NS(=O)(=O)c1ccc2[nH]c(-c3nsc(=S)o3)c(-c3ccccc3)c2c1. The zero-order valence-electron chi connectivity index (χ0n) is 12.6. The van der Waals surface area contributed by atoms with Crippen molar-refractivity contribution in [1.82, 2.24) is 9.36 Å². The van der Waals surface area contributed by atoms with Crippen molar-refractivity contribution in [2.45, 2.75) is 4.90 Å². The average Bonchev–Trinajstić information content (AvgIpc) is 3.17. The molecule has 6 nitrogen and oxygen atoms in total. The highest BCUT2D eigenvalue weighted by atomic mass is 32.2. The maximum absolute atomic E-state index is 11.7. The molecule has 9 heteroatoms. The minimum Gasteiger partial charge on any atom is -0.414 e. The lowest BCUT2D eigenvalue weighted by Gasteiger charge is -2.03. The summed E-state index contributed by atoms with van der Waals surface area (Å²) in [6.45, 7) is 0. The Labute approximate surface area is 152 Å². The molecule has 2 aromatic heterocycles. The first kappa shape index (κ1) is 16.2. The van der Waals surface area contributed by atoms with E-state index in [9.17, 15) is 8.42 Å². The van der Waals surface area contributed by atoms with Gasteiger partial charge >= 0.3 is 0 Å². The molecule has 0 saturated heterocycles. The monoisotopic (exact) mass is 389 g/mol. The predicted octanol–water partition coefficient (Wildman–Crippen LogP) is 3.93. The molecule has 0 fully saturated rings. The summed E-state index contributed by atoms with van der Waals surface area (Å²) < 4.78 is 33.5. The Hall–Kier alpha value is -2.33. The van der Waals surface area contributed by atoms with Gasteiger partial charge in [0, 0.05) is 28.0 Å². The molecule has 0 spiro atoms. The van der Waals surface area contributed by atoms with E-state index in [0.29, 0.717) is 21.0 Å². The summed E-state index contributed by atoms with van der Waals surface area (Å²) in [6, 6.07) is 14.2. The Morgan fingerprint density at radius 3 is 2.56 bits per heavy atom. The lowest BCUT2D eigenvalue weighted by Crippen LogP contribution is -2.11. The van der Waals surface area contributed by atoms with Crippen LogP contribution >= 0.6 is 23.8 Å². The van der Waals surface area contributed by atoms with Crippen LogP contribution in [0.2, 0.25) is 0 Å². The highest BCUT2D eigenvalue weighted by Crippen LogP contribution is 2.38. The smallest absolute Gasteiger partial charge is 0.267 e. The molecule has 2 heterocycles. The normalized spacial score (nSPS) is 11.9. The number of sulfonamides is 1. The fourth-order valence-electron chi connectivity index (χ4n) is 2.70. The molecule has 0 unspecified atom stereocenters. The number of nitrogens with two attached hydrogens (primary N) is 1. The first-order valence-electron chi connectivity index (χ1n) is 7.14. The van der Waals surface area contributed by atoms with E-state index in [4.69, 9.17) is 21.8 Å². The second kappa shape index (κ2) is 5.88. The maximum Gasteiger partial charge on any atom is 0.267 e. The molecule has 0 aliphatic heterocycles. The number of hydrogen-bond acceptors (Lipinski definition) is 6. The molecule has 0 aliphatic carbocycles. The summed E-state index contributed by atoms with van der Waals surface area (Å²) in [5.74, 6) is 0.363. The number of H-pyrrole nitrogens is 1. The molecular formula is C16H11N3O3S3. The van der Waals surface area contributed by atoms with Gasteiger partial charge in [0.2, 0.25) is 10.0 Å². The first-order chi connectivity index (χ1) is 11.9. The van der Waals surface area contributed by atoms with Crippen LogP contribution in [0, 0.1) is 4.02 Å². The number of aromatic nitrogens is 2. The molecule has 3 N–H and O–H groups in total. The van der Waals surface area contributed by atoms with E-state index in [1.54, 1.807) is 12.1 Å². The van der Waals surface area contributed by atoms with Crippen LogP contribution in [0.25, 0.3) is 33.6 Å². The van der Waals surface area contributed by atoms with Gasteiger partial charge in [-0.1, -0.05) is 30.3 Å². The van der Waals surface area contributed by atoms with E-state index >= 15 is 0 Å². The maximum atomic E-state index is 11.7. The predicted molar refractivity (Wildman–Crippen MR) is 99.3 cm³/mol. The summed E-state index contributed by atoms with van der Waals surface area (Å²) in [6.07, 6.45) is 0. The van der Waals surface area contributed by atoms with Gasteiger partial charge < -0.3 is 9.40 Å². The minimum absolute atomic E-state index is 0.0434. The van der Waals surface area contributed by atoms with Crippen molar-refractivity contribution >= 4 is 44.7 Å². The summed E-state index contributed by atoms with van der Waals surface area (Å²) in [4.78, 5) is 3.28. The number of benzene rings is 2. The first-order valence-corrected chi connectivity index (χ1v) is 9.87. The Morgan fingerprint density at radius 1 is 1.16 bits per heavy atom. The molecule has 25 heavy (non-hydrogen) atoms. The number of hydrogen-bond donors (Lipinski definition) is 2. The van der Waals surface area contributed by atoms with Gasteiger partial charge in [0.05, 0.1) is 4.90 Å². The van der Waals surface area contributed by atoms with Crippen LogP contribution in [-0.4, -0.2) is 17.8 Å². The van der Waals surface area contributed by atoms with E-state index in [1.807, 2.05) is 30.3 Å². The van der Waals surface area contributed by atoms with Crippen molar-refractivity contribution in [3.05, 3.63) is 52.6 Å². The second-order valence-corrected chi connectivity index (χ2v) is 8.26. The van der Waals surface area contributed by atoms with Gasteiger partial charge in [0.1, 0.15) is 5.69 Å². The van der Waals surface area contributed by atoms with Gasteiger partial charge in [-0.05, 0) is 36.0 Å². The van der Waals surface area contributed by atoms with E-state index in [2.05, 4.69) is 9.36 Å². The van der Waals surface area contributed by atoms with Gasteiger partial charge in [-0.25, -0.2) is 13.6 Å². The molecule has 0 amide bonds. The van der Waals surface area contributed by atoms with E-state index in [-0.39, 0.29) is 4.90 Å². The van der Waals surface area contributed by atoms with Gasteiger partial charge in [0.15, 0.2) is 0 Å². The molecule has 0 radical (unpaired) electrons.